The third kappa shape index (κ3) is 2.25. The number of benzene rings is 1. The molecule has 1 amide bonds. The largest absolute Gasteiger partial charge is 0.311 e. The van der Waals surface area contributed by atoms with Crippen LogP contribution in [0.4, 0.5) is 0 Å². The molecule has 2 rings (SSSR count). The Morgan fingerprint density at radius 2 is 2.18 bits per heavy atom. The number of nitrogens with two attached hydrogens (primary N) is 1. The Morgan fingerprint density at radius 1 is 1.41 bits per heavy atom. The third-order valence-electron chi connectivity index (χ3n) is 2.48. The number of halogens is 1. The van der Waals surface area contributed by atoms with E-state index in [1.807, 2.05) is 31.3 Å². The molecule has 0 aliphatic carbocycles. The van der Waals surface area contributed by atoms with E-state index in [1.165, 1.54) is 0 Å². The molecule has 0 fully saturated rings. The fourth-order valence-corrected chi connectivity index (χ4v) is 2.34. The van der Waals surface area contributed by atoms with Crippen LogP contribution in [0.3, 0.4) is 0 Å². The minimum absolute atomic E-state index is 0.317. The zero-order valence-corrected chi connectivity index (χ0v) is 10.9. The van der Waals surface area contributed by atoms with E-state index in [1.54, 1.807) is 16.7 Å². The molecule has 0 aliphatic heterocycles. The molecule has 4 nitrogen and oxygen atoms in total. The summed E-state index contributed by atoms with van der Waals surface area (Å²) < 4.78 is 2.71. The van der Waals surface area contributed by atoms with Crippen molar-refractivity contribution in [1.82, 2.24) is 9.99 Å². The van der Waals surface area contributed by atoms with Gasteiger partial charge in [-0.3, -0.25) is 10.2 Å². The number of carbonyl (C=O) groups excluding carboxylic acids is 1. The minimum Gasteiger partial charge on any atom is -0.311 e. The van der Waals surface area contributed by atoms with Crippen molar-refractivity contribution in [2.45, 2.75) is 6.92 Å². The summed E-state index contributed by atoms with van der Waals surface area (Å²) in [6, 6.07) is 9.46. The second-order valence-electron chi connectivity index (χ2n) is 3.69. The lowest BCUT2D eigenvalue weighted by Crippen LogP contribution is -2.31. The normalized spacial score (nSPS) is 10.3. The number of aromatic nitrogens is 1. The van der Waals surface area contributed by atoms with Gasteiger partial charge >= 0.3 is 0 Å². The van der Waals surface area contributed by atoms with Crippen LogP contribution in [0.2, 0.25) is 0 Å². The van der Waals surface area contributed by atoms with Crippen LogP contribution in [-0.4, -0.2) is 10.5 Å². The number of aryl methyl sites for hydroxylation is 1. The highest BCUT2D eigenvalue weighted by Crippen LogP contribution is 2.24. The summed E-state index contributed by atoms with van der Waals surface area (Å²) in [5.41, 5.74) is 4.68. The van der Waals surface area contributed by atoms with Crippen molar-refractivity contribution in [3.05, 3.63) is 52.3 Å². The number of hydrogen-bond donors (Lipinski definition) is 2. The zero-order chi connectivity index (χ0) is 12.4. The molecule has 0 spiro atoms. The van der Waals surface area contributed by atoms with E-state index in [0.29, 0.717) is 5.69 Å². The molecule has 1 aromatic carbocycles. The van der Waals surface area contributed by atoms with Crippen molar-refractivity contribution in [3.63, 3.8) is 0 Å². The van der Waals surface area contributed by atoms with Crippen LogP contribution in [0.1, 0.15) is 16.1 Å². The number of rotatable bonds is 2. The van der Waals surface area contributed by atoms with Crippen molar-refractivity contribution in [1.29, 1.82) is 0 Å². The monoisotopic (exact) mass is 293 g/mol. The molecule has 0 aliphatic rings. The number of nitrogens with zero attached hydrogens (tertiary/aromatic N) is 1. The van der Waals surface area contributed by atoms with Crippen LogP contribution in [-0.2, 0) is 0 Å². The van der Waals surface area contributed by atoms with Crippen LogP contribution in [0, 0.1) is 6.92 Å². The fourth-order valence-electron chi connectivity index (χ4n) is 1.66. The summed E-state index contributed by atoms with van der Waals surface area (Å²) in [5, 5.41) is 0. The van der Waals surface area contributed by atoms with Gasteiger partial charge in [0, 0.05) is 10.7 Å². The van der Waals surface area contributed by atoms with E-state index in [2.05, 4.69) is 21.4 Å². The second kappa shape index (κ2) is 4.73. The first-order valence-corrected chi connectivity index (χ1v) is 5.87. The Bertz CT molecular complexity index is 563. The fraction of sp³-hybridized carbons (Fsp3) is 0.0833. The first-order chi connectivity index (χ1) is 8.13. The molecule has 1 aromatic heterocycles. The van der Waals surface area contributed by atoms with Gasteiger partial charge in [-0.05, 0) is 52.7 Å². The standard InChI is InChI=1S/C12H12BrN3O/c1-8-4-5-10(9(13)7-8)16-6-2-3-11(16)12(17)15-14/h2-7H,14H2,1H3,(H,15,17). The van der Waals surface area contributed by atoms with Gasteiger partial charge in [-0.1, -0.05) is 6.07 Å². The van der Waals surface area contributed by atoms with Gasteiger partial charge in [0.15, 0.2) is 0 Å². The Balaban J connectivity index is 2.53. The summed E-state index contributed by atoms with van der Waals surface area (Å²) in [7, 11) is 0. The van der Waals surface area contributed by atoms with Crippen molar-refractivity contribution >= 4 is 21.8 Å². The number of amides is 1. The summed E-state index contributed by atoms with van der Waals surface area (Å²) >= 11 is 3.49. The van der Waals surface area contributed by atoms with Crippen LogP contribution < -0.4 is 11.3 Å². The Kier molecular flexibility index (Phi) is 3.31. The number of carbonyl (C=O) groups is 1. The molecule has 1 heterocycles. The Labute approximate surface area is 108 Å². The average Bonchev–Trinajstić information content (AvgIpc) is 2.77. The van der Waals surface area contributed by atoms with Gasteiger partial charge in [0.2, 0.25) is 0 Å². The summed E-state index contributed by atoms with van der Waals surface area (Å²) in [5.74, 6) is 4.83. The quantitative estimate of drug-likeness (QED) is 0.506. The van der Waals surface area contributed by atoms with Crippen LogP contribution >= 0.6 is 15.9 Å². The van der Waals surface area contributed by atoms with Gasteiger partial charge in [-0.2, -0.15) is 0 Å². The molecular weight excluding hydrogens is 282 g/mol. The average molecular weight is 294 g/mol. The number of nitrogens with one attached hydrogen (secondary N) is 1. The maximum Gasteiger partial charge on any atom is 0.282 e. The molecule has 0 unspecified atom stereocenters. The third-order valence-corrected chi connectivity index (χ3v) is 3.11. The molecule has 0 radical (unpaired) electrons. The predicted molar refractivity (Wildman–Crippen MR) is 69.9 cm³/mol. The molecule has 0 atom stereocenters. The van der Waals surface area contributed by atoms with E-state index in [0.717, 1.165) is 15.7 Å². The summed E-state index contributed by atoms with van der Waals surface area (Å²) in [6.07, 6.45) is 1.82. The summed E-state index contributed by atoms with van der Waals surface area (Å²) in [6.45, 7) is 2.01. The summed E-state index contributed by atoms with van der Waals surface area (Å²) in [4.78, 5) is 11.6. The molecule has 0 bridgehead atoms. The molecule has 0 saturated carbocycles. The maximum absolute atomic E-state index is 11.6. The van der Waals surface area contributed by atoms with Gasteiger partial charge in [0.25, 0.3) is 5.91 Å². The Hall–Kier alpha value is -1.59. The van der Waals surface area contributed by atoms with Gasteiger partial charge in [0.05, 0.1) is 5.69 Å². The predicted octanol–water partition coefficient (Wildman–Crippen LogP) is 2.15. The van der Waals surface area contributed by atoms with Crippen molar-refractivity contribution in [2.75, 3.05) is 0 Å². The highest BCUT2D eigenvalue weighted by Gasteiger charge is 2.12. The van der Waals surface area contributed by atoms with E-state index in [9.17, 15) is 4.79 Å². The molecular formula is C12H12BrN3O. The number of hydrazine groups is 1. The lowest BCUT2D eigenvalue weighted by atomic mass is 10.2. The lowest BCUT2D eigenvalue weighted by Gasteiger charge is -2.10. The van der Waals surface area contributed by atoms with E-state index in [4.69, 9.17) is 5.84 Å². The number of hydrogen-bond acceptors (Lipinski definition) is 2. The molecule has 5 heteroatoms. The van der Waals surface area contributed by atoms with Gasteiger partial charge in [-0.25, -0.2) is 5.84 Å². The first-order valence-electron chi connectivity index (χ1n) is 5.08. The second-order valence-corrected chi connectivity index (χ2v) is 4.55. The van der Waals surface area contributed by atoms with Crippen molar-refractivity contribution in [3.8, 4) is 5.69 Å². The SMILES string of the molecule is Cc1ccc(-n2cccc2C(=O)NN)c(Br)c1. The van der Waals surface area contributed by atoms with Crippen molar-refractivity contribution in [2.24, 2.45) is 5.84 Å². The lowest BCUT2D eigenvalue weighted by molar-refractivity contribution is 0.0947. The molecule has 3 N–H and O–H groups in total. The highest BCUT2D eigenvalue weighted by atomic mass is 79.9. The van der Waals surface area contributed by atoms with Crippen LogP contribution in [0.15, 0.2) is 41.0 Å². The molecule has 2 aromatic rings. The van der Waals surface area contributed by atoms with E-state index in [-0.39, 0.29) is 5.91 Å². The first kappa shape index (κ1) is 11.9. The van der Waals surface area contributed by atoms with Crippen LogP contribution in [0.25, 0.3) is 5.69 Å². The smallest absolute Gasteiger partial charge is 0.282 e. The van der Waals surface area contributed by atoms with Gasteiger partial charge in [0.1, 0.15) is 5.69 Å². The van der Waals surface area contributed by atoms with Gasteiger partial charge in [-0.15, -0.1) is 0 Å². The van der Waals surface area contributed by atoms with Crippen molar-refractivity contribution < 1.29 is 4.79 Å². The molecule has 0 saturated heterocycles. The number of nitrogen functional groups attached to an aromatic ring is 1. The van der Waals surface area contributed by atoms with E-state index < -0.39 is 0 Å². The zero-order valence-electron chi connectivity index (χ0n) is 9.27. The highest BCUT2D eigenvalue weighted by molar-refractivity contribution is 9.10. The maximum atomic E-state index is 11.6. The van der Waals surface area contributed by atoms with Crippen LogP contribution in [0.5, 0.6) is 0 Å². The minimum atomic E-state index is -0.317. The molecule has 17 heavy (non-hydrogen) atoms. The topological polar surface area (TPSA) is 60.0 Å². The molecule has 88 valence electrons. The van der Waals surface area contributed by atoms with E-state index >= 15 is 0 Å². The Morgan fingerprint density at radius 3 is 2.82 bits per heavy atom. The van der Waals surface area contributed by atoms with Gasteiger partial charge < -0.3 is 4.57 Å².